The fourth-order valence-corrected chi connectivity index (χ4v) is 6.95. The SMILES string of the molecule is C=CC(=O)OCCCCCCOC(=O)CCN(CCCCO)CCC(=O)OCCCCCCOC(=O)CCN(CCCCO)CCC(=O)OCCSSCCOC(=O)C=C. The molecule has 60 heavy (non-hydrogen) atoms. The van der Waals surface area contributed by atoms with Crippen molar-refractivity contribution >= 4 is 57.4 Å². The van der Waals surface area contributed by atoms with Gasteiger partial charge in [0.1, 0.15) is 13.2 Å². The fourth-order valence-electron chi connectivity index (χ4n) is 5.30. The molecule has 0 amide bonds. The minimum Gasteiger partial charge on any atom is -0.466 e. The number of ether oxygens (including phenoxy) is 6. The molecule has 346 valence electrons. The van der Waals surface area contributed by atoms with Crippen LogP contribution in [-0.4, -0.2) is 159 Å². The van der Waals surface area contributed by atoms with Gasteiger partial charge in [0.15, 0.2) is 0 Å². The van der Waals surface area contributed by atoms with Crippen LogP contribution in [0.2, 0.25) is 0 Å². The Balaban J connectivity index is 4.14. The lowest BCUT2D eigenvalue weighted by atomic mass is 10.2. The van der Waals surface area contributed by atoms with Gasteiger partial charge in [0.05, 0.1) is 52.1 Å². The predicted octanol–water partition coefficient (Wildman–Crippen LogP) is 4.83. The van der Waals surface area contributed by atoms with Gasteiger partial charge < -0.3 is 48.4 Å². The van der Waals surface area contributed by atoms with Gasteiger partial charge in [-0.2, -0.15) is 0 Å². The van der Waals surface area contributed by atoms with E-state index in [0.29, 0.717) is 103 Å². The molecule has 16 nitrogen and oxygen atoms in total. The third-order valence-electron chi connectivity index (χ3n) is 8.66. The topological polar surface area (TPSA) is 205 Å². The molecule has 0 spiro atoms. The monoisotopic (exact) mass is 892 g/mol. The second kappa shape index (κ2) is 42.5. The maximum atomic E-state index is 12.4. The third-order valence-corrected chi connectivity index (χ3v) is 11.0. The van der Waals surface area contributed by atoms with Gasteiger partial charge in [-0.05, 0) is 90.1 Å². The van der Waals surface area contributed by atoms with Crippen LogP contribution in [0.25, 0.3) is 0 Å². The zero-order chi connectivity index (χ0) is 44.3. The van der Waals surface area contributed by atoms with Gasteiger partial charge in [-0.1, -0.05) is 34.7 Å². The Morgan fingerprint density at radius 1 is 0.400 bits per heavy atom. The Kier molecular flexibility index (Phi) is 40.3. The summed E-state index contributed by atoms with van der Waals surface area (Å²) in [4.78, 5) is 75.4. The molecule has 0 bridgehead atoms. The van der Waals surface area contributed by atoms with Crippen molar-refractivity contribution in [3.05, 3.63) is 25.3 Å². The summed E-state index contributed by atoms with van der Waals surface area (Å²) in [6, 6.07) is 0. The van der Waals surface area contributed by atoms with Crippen LogP contribution in [0.4, 0.5) is 0 Å². The van der Waals surface area contributed by atoms with Crippen LogP contribution in [-0.2, 0) is 57.2 Å². The standard InChI is InChI=1S/C42H72N2O14S2/c1-3-37(47)53-29-13-5-6-14-30-54-39(49)17-23-43(21-9-11-27-45)24-18-40(50)55-31-15-7-8-16-32-56-41(51)19-25-44(22-10-12-28-46)26-20-42(52)58-34-36-60-59-35-33-57-38(48)4-2/h3-4,45-46H,1-2,5-36H2. The lowest BCUT2D eigenvalue weighted by molar-refractivity contribution is -0.146. The van der Waals surface area contributed by atoms with Crippen molar-refractivity contribution in [1.29, 1.82) is 0 Å². The molecule has 0 fully saturated rings. The minimum atomic E-state index is -0.456. The van der Waals surface area contributed by atoms with E-state index in [1.54, 1.807) is 0 Å². The smallest absolute Gasteiger partial charge is 0.330 e. The van der Waals surface area contributed by atoms with Crippen molar-refractivity contribution in [2.45, 2.75) is 103 Å². The number of rotatable bonds is 43. The van der Waals surface area contributed by atoms with Gasteiger partial charge in [-0.25, -0.2) is 9.59 Å². The molecule has 18 heteroatoms. The highest BCUT2D eigenvalue weighted by molar-refractivity contribution is 8.76. The number of unbranched alkanes of at least 4 members (excludes halogenated alkanes) is 8. The van der Waals surface area contributed by atoms with E-state index in [9.17, 15) is 28.8 Å². The van der Waals surface area contributed by atoms with Crippen LogP contribution in [0.1, 0.15) is 103 Å². The fraction of sp³-hybridized carbons (Fsp3) is 0.762. The maximum Gasteiger partial charge on any atom is 0.330 e. The highest BCUT2D eigenvalue weighted by Gasteiger charge is 2.14. The highest BCUT2D eigenvalue weighted by atomic mass is 33.1. The first kappa shape index (κ1) is 56.8. The van der Waals surface area contributed by atoms with E-state index < -0.39 is 11.9 Å². The van der Waals surface area contributed by atoms with Crippen LogP contribution < -0.4 is 0 Å². The second-order valence-corrected chi connectivity index (χ2v) is 16.3. The average molecular weight is 893 g/mol. The van der Waals surface area contributed by atoms with E-state index >= 15 is 0 Å². The van der Waals surface area contributed by atoms with E-state index in [4.69, 9.17) is 38.6 Å². The van der Waals surface area contributed by atoms with Gasteiger partial charge >= 0.3 is 35.8 Å². The normalized spacial score (nSPS) is 10.9. The zero-order valence-corrected chi connectivity index (χ0v) is 37.3. The van der Waals surface area contributed by atoms with Gasteiger partial charge in [0.25, 0.3) is 0 Å². The number of aliphatic hydroxyl groups excluding tert-OH is 2. The Labute approximate surface area is 365 Å². The molecule has 0 aromatic heterocycles. The Morgan fingerprint density at radius 2 is 0.700 bits per heavy atom. The van der Waals surface area contributed by atoms with Crippen LogP contribution in [0.15, 0.2) is 25.3 Å². The highest BCUT2D eigenvalue weighted by Crippen LogP contribution is 2.20. The lowest BCUT2D eigenvalue weighted by Crippen LogP contribution is -2.31. The summed E-state index contributed by atoms with van der Waals surface area (Å²) in [5, 5.41) is 18.3. The van der Waals surface area contributed by atoms with E-state index in [0.717, 1.165) is 63.5 Å². The first-order chi connectivity index (χ1) is 29.1. The number of hydrogen-bond donors (Lipinski definition) is 2. The first-order valence-corrected chi connectivity index (χ1v) is 23.8. The molecule has 0 unspecified atom stereocenters. The van der Waals surface area contributed by atoms with Crippen LogP contribution in [0.5, 0.6) is 0 Å². The van der Waals surface area contributed by atoms with E-state index in [1.165, 1.54) is 21.6 Å². The molecule has 0 aliphatic carbocycles. The summed E-state index contributed by atoms with van der Waals surface area (Å²) in [6.45, 7) is 11.7. The number of carbonyl (C=O) groups excluding carboxylic acids is 6. The van der Waals surface area contributed by atoms with E-state index in [2.05, 4.69) is 13.2 Å². The van der Waals surface area contributed by atoms with E-state index in [1.807, 2.05) is 9.80 Å². The summed E-state index contributed by atoms with van der Waals surface area (Å²) >= 11 is 0. The molecule has 0 radical (unpaired) electrons. The summed E-state index contributed by atoms with van der Waals surface area (Å²) < 4.78 is 31.3. The van der Waals surface area contributed by atoms with Crippen LogP contribution in [0.3, 0.4) is 0 Å². The van der Waals surface area contributed by atoms with Gasteiger partial charge in [0, 0.05) is 63.1 Å². The molecule has 0 aliphatic heterocycles. The summed E-state index contributed by atoms with van der Waals surface area (Å²) in [5.74, 6) is -0.918. The Bertz CT molecular complexity index is 1090. The summed E-state index contributed by atoms with van der Waals surface area (Å²) in [6.07, 6.45) is 11.9. The molecule has 0 saturated heterocycles. The van der Waals surface area contributed by atoms with Gasteiger partial charge in [-0.15, -0.1) is 0 Å². The van der Waals surface area contributed by atoms with Crippen molar-refractivity contribution in [2.24, 2.45) is 0 Å². The first-order valence-electron chi connectivity index (χ1n) is 21.3. The molecule has 0 aromatic carbocycles. The lowest BCUT2D eigenvalue weighted by Gasteiger charge is -2.21. The Morgan fingerprint density at radius 3 is 1.03 bits per heavy atom. The summed E-state index contributed by atoms with van der Waals surface area (Å²) in [5.41, 5.74) is 0. The molecule has 2 N–H and O–H groups in total. The minimum absolute atomic E-state index is 0.0731. The number of nitrogens with zero attached hydrogens (tertiary/aromatic N) is 2. The average Bonchev–Trinajstić information content (AvgIpc) is 3.24. The Hall–Kier alpha value is -3.16. The number of esters is 6. The van der Waals surface area contributed by atoms with Crippen LogP contribution >= 0.6 is 21.6 Å². The van der Waals surface area contributed by atoms with Crippen LogP contribution in [0, 0.1) is 0 Å². The quantitative estimate of drug-likeness (QED) is 0.0277. The summed E-state index contributed by atoms with van der Waals surface area (Å²) in [7, 11) is 3.04. The number of carbonyl (C=O) groups is 6. The van der Waals surface area contributed by atoms with Crippen molar-refractivity contribution < 1.29 is 67.4 Å². The molecule has 0 heterocycles. The van der Waals surface area contributed by atoms with Crippen molar-refractivity contribution in [3.63, 3.8) is 0 Å². The molecule has 0 saturated carbocycles. The van der Waals surface area contributed by atoms with Crippen molar-refractivity contribution in [1.82, 2.24) is 9.80 Å². The molecule has 0 rings (SSSR count). The van der Waals surface area contributed by atoms with Crippen molar-refractivity contribution in [2.75, 3.05) is 104 Å². The molecular weight excluding hydrogens is 821 g/mol. The molecular formula is C42H72N2O14S2. The third kappa shape index (κ3) is 39.0. The van der Waals surface area contributed by atoms with Crippen molar-refractivity contribution in [3.8, 4) is 0 Å². The molecule has 0 atom stereocenters. The van der Waals surface area contributed by atoms with Gasteiger partial charge in [0.2, 0.25) is 0 Å². The maximum absolute atomic E-state index is 12.4. The largest absolute Gasteiger partial charge is 0.466 e. The van der Waals surface area contributed by atoms with E-state index in [-0.39, 0.29) is 76.0 Å². The number of hydrogen-bond acceptors (Lipinski definition) is 18. The number of aliphatic hydroxyl groups is 2. The zero-order valence-electron chi connectivity index (χ0n) is 35.7. The molecule has 0 aromatic rings. The predicted molar refractivity (Wildman–Crippen MR) is 232 cm³/mol. The molecule has 0 aliphatic rings. The second-order valence-electron chi connectivity index (χ2n) is 13.6. The van der Waals surface area contributed by atoms with Gasteiger partial charge in [-0.3, -0.25) is 19.2 Å².